The van der Waals surface area contributed by atoms with Crippen molar-refractivity contribution in [2.24, 2.45) is 0 Å². The van der Waals surface area contributed by atoms with Gasteiger partial charge in [-0.15, -0.1) is 0 Å². The van der Waals surface area contributed by atoms with Gasteiger partial charge < -0.3 is 9.64 Å². The molecule has 0 fully saturated rings. The zero-order valence-electron chi connectivity index (χ0n) is 11.6. The topological polar surface area (TPSA) is 29.5 Å². The van der Waals surface area contributed by atoms with Crippen LogP contribution in [0.5, 0.6) is 0 Å². The Morgan fingerprint density at radius 2 is 1.94 bits per heavy atom. The smallest absolute Gasteiger partial charge is 0.331 e. The molecule has 0 bridgehead atoms. The van der Waals surface area contributed by atoms with Gasteiger partial charge >= 0.3 is 5.97 Å². The Morgan fingerprint density at radius 1 is 1.28 bits per heavy atom. The first-order chi connectivity index (χ1) is 8.46. The van der Waals surface area contributed by atoms with Crippen LogP contribution in [-0.2, 0) is 22.4 Å². The molecular formula is C15H21NO2. The number of aryl methyl sites for hydroxylation is 2. The number of likely N-dealkylation sites (N-methyl/N-ethyl adjacent to an activating group) is 1. The quantitative estimate of drug-likeness (QED) is 0.769. The third-order valence-electron chi connectivity index (χ3n) is 3.99. The number of carbonyl (C=O) groups is 1. The molecular weight excluding hydrogens is 226 g/mol. The summed E-state index contributed by atoms with van der Waals surface area (Å²) >= 11 is 0. The predicted octanol–water partition coefficient (Wildman–Crippen LogP) is 2.56. The zero-order chi connectivity index (χ0) is 13.3. The summed E-state index contributed by atoms with van der Waals surface area (Å²) in [6.45, 7) is 3.76. The van der Waals surface area contributed by atoms with Gasteiger partial charge in [0.1, 0.15) is 5.54 Å². The highest BCUT2D eigenvalue weighted by Gasteiger charge is 2.33. The van der Waals surface area contributed by atoms with Gasteiger partial charge in [-0.05, 0) is 56.4 Å². The molecule has 0 heterocycles. The maximum atomic E-state index is 11.8. The summed E-state index contributed by atoms with van der Waals surface area (Å²) in [7, 11) is 3.37. The van der Waals surface area contributed by atoms with Crippen LogP contribution in [0, 0.1) is 0 Å². The first-order valence-electron chi connectivity index (χ1n) is 6.41. The zero-order valence-corrected chi connectivity index (χ0v) is 11.6. The fourth-order valence-corrected chi connectivity index (χ4v) is 2.48. The first kappa shape index (κ1) is 12.9. The van der Waals surface area contributed by atoms with Crippen molar-refractivity contribution in [2.75, 3.05) is 19.1 Å². The van der Waals surface area contributed by atoms with E-state index in [1.165, 1.54) is 31.1 Å². The van der Waals surface area contributed by atoms with E-state index in [1.807, 2.05) is 25.8 Å². The Hall–Kier alpha value is -1.51. The predicted molar refractivity (Wildman–Crippen MR) is 73.0 cm³/mol. The van der Waals surface area contributed by atoms with Crippen LogP contribution in [0.3, 0.4) is 0 Å². The molecule has 0 aromatic heterocycles. The van der Waals surface area contributed by atoms with Crippen molar-refractivity contribution in [3.63, 3.8) is 0 Å². The molecule has 0 unspecified atom stereocenters. The Balaban J connectivity index is 2.28. The molecule has 1 aromatic carbocycles. The average Bonchev–Trinajstić information content (AvgIpc) is 2.83. The average molecular weight is 247 g/mol. The molecule has 0 radical (unpaired) electrons. The lowest BCUT2D eigenvalue weighted by Gasteiger charge is -2.35. The number of ether oxygens (including phenoxy) is 1. The third kappa shape index (κ3) is 2.09. The van der Waals surface area contributed by atoms with Crippen LogP contribution in [0.1, 0.15) is 31.4 Å². The molecule has 0 atom stereocenters. The minimum Gasteiger partial charge on any atom is -0.467 e. The van der Waals surface area contributed by atoms with E-state index >= 15 is 0 Å². The summed E-state index contributed by atoms with van der Waals surface area (Å²) in [5.74, 6) is -0.217. The second-order valence-electron chi connectivity index (χ2n) is 5.42. The molecule has 1 aromatic rings. The fraction of sp³-hybridized carbons (Fsp3) is 0.533. The van der Waals surface area contributed by atoms with Gasteiger partial charge in [0.2, 0.25) is 0 Å². The molecule has 0 saturated heterocycles. The molecule has 0 saturated carbocycles. The molecule has 1 aliphatic carbocycles. The summed E-state index contributed by atoms with van der Waals surface area (Å²) in [4.78, 5) is 13.8. The lowest BCUT2D eigenvalue weighted by atomic mass is 10.0. The summed E-state index contributed by atoms with van der Waals surface area (Å²) in [6, 6.07) is 6.48. The van der Waals surface area contributed by atoms with Crippen molar-refractivity contribution in [3.05, 3.63) is 29.3 Å². The van der Waals surface area contributed by atoms with Gasteiger partial charge in [0.05, 0.1) is 7.11 Å². The van der Waals surface area contributed by atoms with E-state index in [9.17, 15) is 4.79 Å². The van der Waals surface area contributed by atoms with Crippen molar-refractivity contribution in [3.8, 4) is 0 Å². The standard InChI is InChI=1S/C15H21NO2/c1-15(2,14(17)18-4)16(3)13-9-8-11-6-5-7-12(11)10-13/h8-10H,5-7H2,1-4H3. The second-order valence-corrected chi connectivity index (χ2v) is 5.42. The molecule has 98 valence electrons. The van der Waals surface area contributed by atoms with E-state index in [-0.39, 0.29) is 5.97 Å². The highest BCUT2D eigenvalue weighted by Crippen LogP contribution is 2.29. The van der Waals surface area contributed by atoms with Gasteiger partial charge in [-0.3, -0.25) is 0 Å². The molecule has 0 N–H and O–H groups in total. The van der Waals surface area contributed by atoms with Crippen LogP contribution in [0.2, 0.25) is 0 Å². The Kier molecular flexibility index (Phi) is 3.33. The van der Waals surface area contributed by atoms with Crippen LogP contribution in [-0.4, -0.2) is 25.7 Å². The van der Waals surface area contributed by atoms with E-state index in [0.29, 0.717) is 0 Å². The van der Waals surface area contributed by atoms with Gasteiger partial charge in [-0.1, -0.05) is 6.07 Å². The fourth-order valence-electron chi connectivity index (χ4n) is 2.48. The molecule has 0 aliphatic heterocycles. The Labute approximate surface area is 109 Å². The lowest BCUT2D eigenvalue weighted by Crippen LogP contribution is -2.48. The maximum absolute atomic E-state index is 11.8. The van der Waals surface area contributed by atoms with Crippen LogP contribution in [0.25, 0.3) is 0 Å². The number of fused-ring (bicyclic) bond motifs is 1. The van der Waals surface area contributed by atoms with E-state index in [4.69, 9.17) is 4.74 Å². The number of rotatable bonds is 3. The number of esters is 1. The van der Waals surface area contributed by atoms with Crippen LogP contribution in [0.15, 0.2) is 18.2 Å². The van der Waals surface area contributed by atoms with Crippen molar-refractivity contribution >= 4 is 11.7 Å². The second kappa shape index (κ2) is 4.63. The molecule has 3 heteroatoms. The van der Waals surface area contributed by atoms with Crippen molar-refractivity contribution < 1.29 is 9.53 Å². The van der Waals surface area contributed by atoms with Crippen LogP contribution >= 0.6 is 0 Å². The summed E-state index contributed by atoms with van der Waals surface area (Å²) in [5, 5.41) is 0. The van der Waals surface area contributed by atoms with Gasteiger partial charge in [0.25, 0.3) is 0 Å². The summed E-state index contributed by atoms with van der Waals surface area (Å²) in [5.41, 5.74) is 3.29. The lowest BCUT2D eigenvalue weighted by molar-refractivity contribution is -0.145. The third-order valence-corrected chi connectivity index (χ3v) is 3.99. The molecule has 3 nitrogen and oxygen atoms in total. The van der Waals surface area contributed by atoms with Gasteiger partial charge in [-0.25, -0.2) is 4.79 Å². The Bertz CT molecular complexity index is 466. The van der Waals surface area contributed by atoms with Crippen LogP contribution in [0.4, 0.5) is 5.69 Å². The van der Waals surface area contributed by atoms with E-state index in [2.05, 4.69) is 18.2 Å². The molecule has 2 rings (SSSR count). The van der Waals surface area contributed by atoms with E-state index in [0.717, 1.165) is 12.1 Å². The van der Waals surface area contributed by atoms with Crippen molar-refractivity contribution in [2.45, 2.75) is 38.6 Å². The first-order valence-corrected chi connectivity index (χ1v) is 6.41. The van der Waals surface area contributed by atoms with Gasteiger partial charge in [-0.2, -0.15) is 0 Å². The number of nitrogens with zero attached hydrogens (tertiary/aromatic N) is 1. The highest BCUT2D eigenvalue weighted by atomic mass is 16.5. The normalized spacial score (nSPS) is 14.2. The monoisotopic (exact) mass is 247 g/mol. The number of hydrogen-bond acceptors (Lipinski definition) is 3. The Morgan fingerprint density at radius 3 is 2.61 bits per heavy atom. The van der Waals surface area contributed by atoms with Gasteiger partial charge in [0.15, 0.2) is 0 Å². The minimum atomic E-state index is -0.651. The molecule has 0 amide bonds. The highest BCUT2D eigenvalue weighted by molar-refractivity contribution is 5.84. The number of carbonyl (C=O) groups excluding carboxylic acids is 1. The van der Waals surface area contributed by atoms with E-state index in [1.54, 1.807) is 0 Å². The van der Waals surface area contributed by atoms with Crippen molar-refractivity contribution in [1.29, 1.82) is 0 Å². The molecule has 18 heavy (non-hydrogen) atoms. The van der Waals surface area contributed by atoms with Crippen molar-refractivity contribution in [1.82, 2.24) is 0 Å². The number of hydrogen-bond donors (Lipinski definition) is 0. The summed E-state index contributed by atoms with van der Waals surface area (Å²) < 4.78 is 4.87. The minimum absolute atomic E-state index is 0.217. The van der Waals surface area contributed by atoms with Gasteiger partial charge in [0, 0.05) is 12.7 Å². The molecule has 1 aliphatic rings. The number of methoxy groups -OCH3 is 1. The molecule has 0 spiro atoms. The number of benzene rings is 1. The number of anilines is 1. The summed E-state index contributed by atoms with van der Waals surface area (Å²) in [6.07, 6.45) is 3.57. The SMILES string of the molecule is COC(=O)C(C)(C)N(C)c1ccc2c(c1)CCC2. The maximum Gasteiger partial charge on any atom is 0.331 e. The van der Waals surface area contributed by atoms with E-state index < -0.39 is 5.54 Å². The van der Waals surface area contributed by atoms with Crippen LogP contribution < -0.4 is 4.90 Å². The largest absolute Gasteiger partial charge is 0.467 e.